The minimum Gasteiger partial charge on any atom is -0.478 e. The Kier molecular flexibility index (Phi) is 4.93. The first-order valence-corrected chi connectivity index (χ1v) is 6.71. The van der Waals surface area contributed by atoms with E-state index in [1.54, 1.807) is 30.1 Å². The monoisotopic (exact) mass is 277 g/mol. The predicted molar refractivity (Wildman–Crippen MR) is 78.8 cm³/mol. The molecule has 0 aliphatic rings. The van der Waals surface area contributed by atoms with Gasteiger partial charge in [-0.15, -0.1) is 0 Å². The summed E-state index contributed by atoms with van der Waals surface area (Å²) in [4.78, 5) is 25.1. The number of benzene rings is 1. The molecular weight excluding hydrogens is 254 g/mol. The van der Waals surface area contributed by atoms with Gasteiger partial charge in [-0.2, -0.15) is 0 Å². The molecule has 0 saturated heterocycles. The van der Waals surface area contributed by atoms with Crippen molar-refractivity contribution in [1.82, 2.24) is 4.90 Å². The Morgan fingerprint density at radius 1 is 1.25 bits per heavy atom. The second-order valence-corrected chi connectivity index (χ2v) is 6.19. The van der Waals surface area contributed by atoms with Gasteiger partial charge in [0.05, 0.1) is 12.0 Å². The van der Waals surface area contributed by atoms with E-state index >= 15 is 0 Å². The summed E-state index contributed by atoms with van der Waals surface area (Å²) in [6.45, 7) is 8.23. The highest BCUT2D eigenvalue weighted by Crippen LogP contribution is 2.23. The lowest BCUT2D eigenvalue weighted by molar-refractivity contribution is -0.132. The third kappa shape index (κ3) is 3.83. The maximum absolute atomic E-state index is 12.3. The fraction of sp³-hybridized carbons (Fsp3) is 0.500. The van der Waals surface area contributed by atoms with Gasteiger partial charge in [0.1, 0.15) is 0 Å². The molecule has 0 saturated carbocycles. The van der Waals surface area contributed by atoms with E-state index in [4.69, 9.17) is 5.11 Å². The van der Waals surface area contributed by atoms with E-state index in [2.05, 4.69) is 20.8 Å². The number of carbonyl (C=O) groups excluding carboxylic acids is 1. The van der Waals surface area contributed by atoms with Gasteiger partial charge < -0.3 is 10.0 Å². The third-order valence-corrected chi connectivity index (χ3v) is 3.82. The van der Waals surface area contributed by atoms with E-state index in [1.807, 2.05) is 6.92 Å². The number of carboxylic acid groups (broad SMARTS) is 1. The fourth-order valence-electron chi connectivity index (χ4n) is 1.97. The van der Waals surface area contributed by atoms with Gasteiger partial charge in [-0.3, -0.25) is 4.79 Å². The highest BCUT2D eigenvalue weighted by molar-refractivity contribution is 5.91. The van der Waals surface area contributed by atoms with Crippen LogP contribution < -0.4 is 0 Å². The molecule has 1 aromatic carbocycles. The van der Waals surface area contributed by atoms with Crippen molar-refractivity contribution in [3.05, 3.63) is 35.4 Å². The molecule has 0 bridgehead atoms. The first-order chi connectivity index (χ1) is 9.14. The SMILES string of the molecule is CC(N(C)C(=O)Cc1ccccc1C(=O)O)C(C)(C)C. The van der Waals surface area contributed by atoms with Crippen LogP contribution in [0.4, 0.5) is 0 Å². The predicted octanol–water partition coefficient (Wildman–Crippen LogP) is 2.82. The molecule has 1 unspecified atom stereocenters. The Balaban J connectivity index is 2.89. The number of carbonyl (C=O) groups is 2. The van der Waals surface area contributed by atoms with E-state index in [0.717, 1.165) is 0 Å². The molecule has 1 N–H and O–H groups in total. The van der Waals surface area contributed by atoms with Crippen LogP contribution in [-0.2, 0) is 11.2 Å². The number of rotatable bonds is 4. The van der Waals surface area contributed by atoms with E-state index < -0.39 is 5.97 Å². The van der Waals surface area contributed by atoms with Gasteiger partial charge >= 0.3 is 5.97 Å². The largest absolute Gasteiger partial charge is 0.478 e. The first kappa shape index (κ1) is 16.2. The molecule has 1 amide bonds. The van der Waals surface area contributed by atoms with E-state index in [0.29, 0.717) is 5.56 Å². The molecule has 1 atom stereocenters. The van der Waals surface area contributed by atoms with Crippen molar-refractivity contribution in [3.63, 3.8) is 0 Å². The van der Waals surface area contributed by atoms with Gasteiger partial charge in [0.25, 0.3) is 0 Å². The second kappa shape index (κ2) is 6.07. The van der Waals surface area contributed by atoms with Gasteiger partial charge in [-0.25, -0.2) is 4.79 Å². The van der Waals surface area contributed by atoms with Crippen molar-refractivity contribution in [1.29, 1.82) is 0 Å². The van der Waals surface area contributed by atoms with Crippen molar-refractivity contribution in [3.8, 4) is 0 Å². The van der Waals surface area contributed by atoms with Crippen LogP contribution in [0.25, 0.3) is 0 Å². The molecule has 20 heavy (non-hydrogen) atoms. The van der Waals surface area contributed by atoms with Crippen molar-refractivity contribution in [2.24, 2.45) is 5.41 Å². The summed E-state index contributed by atoms with van der Waals surface area (Å²) in [6, 6.07) is 6.71. The van der Waals surface area contributed by atoms with Crippen LogP contribution in [-0.4, -0.2) is 35.0 Å². The Bertz CT molecular complexity index is 503. The van der Waals surface area contributed by atoms with Crippen LogP contribution in [0.2, 0.25) is 0 Å². The zero-order valence-corrected chi connectivity index (χ0v) is 12.8. The molecule has 4 heteroatoms. The summed E-state index contributed by atoms with van der Waals surface area (Å²) >= 11 is 0. The Labute approximate surface area is 120 Å². The molecule has 0 spiro atoms. The van der Waals surface area contributed by atoms with Crippen molar-refractivity contribution >= 4 is 11.9 Å². The molecule has 0 heterocycles. The number of nitrogens with zero attached hydrogens (tertiary/aromatic N) is 1. The van der Waals surface area contributed by atoms with Crippen LogP contribution in [0.15, 0.2) is 24.3 Å². The lowest BCUT2D eigenvalue weighted by Crippen LogP contribution is -2.43. The maximum atomic E-state index is 12.3. The zero-order chi connectivity index (χ0) is 15.5. The van der Waals surface area contributed by atoms with E-state index in [-0.39, 0.29) is 29.3 Å². The second-order valence-electron chi connectivity index (χ2n) is 6.19. The maximum Gasteiger partial charge on any atom is 0.335 e. The standard InChI is InChI=1S/C16H23NO3/c1-11(16(2,3)4)17(5)14(18)10-12-8-6-7-9-13(12)15(19)20/h6-9,11H,10H2,1-5H3,(H,19,20). The number of hydrogen-bond donors (Lipinski definition) is 1. The molecular formula is C16H23NO3. The van der Waals surface area contributed by atoms with Crippen LogP contribution in [0.3, 0.4) is 0 Å². The third-order valence-electron chi connectivity index (χ3n) is 3.82. The summed E-state index contributed by atoms with van der Waals surface area (Å²) in [5, 5.41) is 9.13. The molecule has 0 aromatic heterocycles. The highest BCUT2D eigenvalue weighted by Gasteiger charge is 2.27. The normalized spacial score (nSPS) is 12.8. The van der Waals surface area contributed by atoms with Crippen LogP contribution in [0.1, 0.15) is 43.6 Å². The minimum atomic E-state index is -1.00. The Morgan fingerprint density at radius 3 is 2.30 bits per heavy atom. The average Bonchev–Trinajstić information content (AvgIpc) is 2.36. The van der Waals surface area contributed by atoms with Gasteiger partial charge in [0.2, 0.25) is 5.91 Å². The number of hydrogen-bond acceptors (Lipinski definition) is 2. The summed E-state index contributed by atoms with van der Waals surface area (Å²) < 4.78 is 0. The lowest BCUT2D eigenvalue weighted by Gasteiger charge is -2.35. The molecule has 0 radical (unpaired) electrons. The molecule has 1 rings (SSSR count). The highest BCUT2D eigenvalue weighted by atomic mass is 16.4. The first-order valence-electron chi connectivity index (χ1n) is 6.71. The van der Waals surface area contributed by atoms with Crippen molar-refractivity contribution in [2.45, 2.75) is 40.2 Å². The summed E-state index contributed by atoms with van der Waals surface area (Å²) in [5.41, 5.74) is 0.729. The molecule has 1 aromatic rings. The van der Waals surface area contributed by atoms with Crippen LogP contribution >= 0.6 is 0 Å². The zero-order valence-electron chi connectivity index (χ0n) is 12.8. The summed E-state index contributed by atoms with van der Waals surface area (Å²) in [7, 11) is 1.77. The Hall–Kier alpha value is -1.84. The van der Waals surface area contributed by atoms with E-state index in [1.165, 1.54) is 6.07 Å². The van der Waals surface area contributed by atoms with Gasteiger partial charge in [-0.05, 0) is 24.0 Å². The van der Waals surface area contributed by atoms with Gasteiger partial charge in [0, 0.05) is 13.1 Å². The molecule has 4 nitrogen and oxygen atoms in total. The molecule has 0 aliphatic carbocycles. The van der Waals surface area contributed by atoms with Gasteiger partial charge in [0.15, 0.2) is 0 Å². The fourth-order valence-corrected chi connectivity index (χ4v) is 1.97. The number of aromatic carboxylic acids is 1. The van der Waals surface area contributed by atoms with E-state index in [9.17, 15) is 9.59 Å². The van der Waals surface area contributed by atoms with Crippen molar-refractivity contribution in [2.75, 3.05) is 7.05 Å². The molecule has 0 fully saturated rings. The van der Waals surface area contributed by atoms with Crippen molar-refractivity contribution < 1.29 is 14.7 Å². The minimum absolute atomic E-state index is 0.0171. The number of carboxylic acids is 1. The summed E-state index contributed by atoms with van der Waals surface area (Å²) in [6.07, 6.45) is 0.111. The average molecular weight is 277 g/mol. The quantitative estimate of drug-likeness (QED) is 0.920. The number of amides is 1. The van der Waals surface area contributed by atoms with Gasteiger partial charge in [-0.1, -0.05) is 39.0 Å². The van der Waals surface area contributed by atoms with Crippen LogP contribution in [0, 0.1) is 5.41 Å². The topological polar surface area (TPSA) is 57.6 Å². The smallest absolute Gasteiger partial charge is 0.335 e. The number of likely N-dealkylation sites (N-methyl/N-ethyl adjacent to an activating group) is 1. The summed E-state index contributed by atoms with van der Waals surface area (Å²) in [5.74, 6) is -1.07. The molecule has 110 valence electrons. The lowest BCUT2D eigenvalue weighted by atomic mass is 9.87. The van der Waals surface area contributed by atoms with Crippen LogP contribution in [0.5, 0.6) is 0 Å². The Morgan fingerprint density at radius 2 is 1.80 bits per heavy atom. The molecule has 0 aliphatic heterocycles.